The van der Waals surface area contributed by atoms with E-state index in [0.717, 1.165) is 51.3 Å². The molecule has 24 heavy (non-hydrogen) atoms. The molecule has 0 aromatic heterocycles. The number of unbranched alkanes of at least 4 members (excludes halogenated alkanes) is 1. The van der Waals surface area contributed by atoms with Crippen molar-refractivity contribution >= 4 is 11.6 Å². The van der Waals surface area contributed by atoms with Gasteiger partial charge in [0.25, 0.3) is 5.91 Å². The van der Waals surface area contributed by atoms with Crippen molar-refractivity contribution in [2.45, 2.75) is 12.8 Å². The normalized spacial score (nSPS) is 15.4. The van der Waals surface area contributed by atoms with Crippen LogP contribution in [0.3, 0.4) is 0 Å². The van der Waals surface area contributed by atoms with Crippen molar-refractivity contribution in [3.8, 4) is 5.75 Å². The van der Waals surface area contributed by atoms with Crippen molar-refractivity contribution in [1.29, 1.82) is 0 Å². The number of carbonyl (C=O) groups excluding carboxylic acids is 1. The van der Waals surface area contributed by atoms with Crippen LogP contribution >= 0.6 is 0 Å². The van der Waals surface area contributed by atoms with E-state index in [9.17, 15) is 4.79 Å². The Balaban J connectivity index is 2.08. The van der Waals surface area contributed by atoms with E-state index in [2.05, 4.69) is 22.2 Å². The lowest BCUT2D eigenvalue weighted by Crippen LogP contribution is -2.44. The number of rotatable bonds is 8. The van der Waals surface area contributed by atoms with Crippen LogP contribution in [0, 0.1) is 0 Å². The van der Waals surface area contributed by atoms with E-state index in [1.54, 1.807) is 14.2 Å². The summed E-state index contributed by atoms with van der Waals surface area (Å²) in [7, 11) is 5.48. The summed E-state index contributed by atoms with van der Waals surface area (Å²) in [6.07, 6.45) is 1.85. The standard InChI is InChI=1S/C18H29N3O3/c1-19-18(22)16-7-6-15(21-10-8-20(2)9-11-21)14-17(16)24-13-5-4-12-23-3/h6-7,14H,4-5,8-13H2,1-3H3,(H,19,22). The fraction of sp³-hybridized carbons (Fsp3) is 0.611. The first-order valence-corrected chi connectivity index (χ1v) is 8.57. The Hall–Kier alpha value is -1.79. The molecule has 0 aliphatic carbocycles. The van der Waals surface area contributed by atoms with Gasteiger partial charge in [-0.25, -0.2) is 0 Å². The average molecular weight is 335 g/mol. The van der Waals surface area contributed by atoms with Gasteiger partial charge in [0, 0.05) is 58.7 Å². The third-order valence-electron chi connectivity index (χ3n) is 4.31. The zero-order valence-corrected chi connectivity index (χ0v) is 15.0. The maximum absolute atomic E-state index is 12.1. The van der Waals surface area contributed by atoms with E-state index < -0.39 is 0 Å². The summed E-state index contributed by atoms with van der Waals surface area (Å²) in [6.45, 7) is 5.38. The molecule has 1 saturated heterocycles. The fourth-order valence-corrected chi connectivity index (χ4v) is 2.74. The number of hydrogen-bond acceptors (Lipinski definition) is 5. The average Bonchev–Trinajstić information content (AvgIpc) is 2.61. The number of hydrogen-bond donors (Lipinski definition) is 1. The van der Waals surface area contributed by atoms with Gasteiger partial charge in [-0.1, -0.05) is 0 Å². The second kappa shape index (κ2) is 9.49. The second-order valence-electron chi connectivity index (χ2n) is 6.10. The van der Waals surface area contributed by atoms with Crippen molar-refractivity contribution in [3.63, 3.8) is 0 Å². The Morgan fingerprint density at radius 2 is 1.88 bits per heavy atom. The quantitative estimate of drug-likeness (QED) is 0.732. The third kappa shape index (κ3) is 5.11. The smallest absolute Gasteiger partial charge is 0.254 e. The number of piperazine rings is 1. The minimum absolute atomic E-state index is 0.119. The number of ether oxygens (including phenoxy) is 2. The number of benzene rings is 1. The Morgan fingerprint density at radius 1 is 1.17 bits per heavy atom. The Morgan fingerprint density at radius 3 is 2.54 bits per heavy atom. The van der Waals surface area contributed by atoms with Crippen molar-refractivity contribution in [2.24, 2.45) is 0 Å². The van der Waals surface area contributed by atoms with Gasteiger partial charge in [-0.3, -0.25) is 4.79 Å². The zero-order valence-electron chi connectivity index (χ0n) is 15.0. The van der Waals surface area contributed by atoms with Gasteiger partial charge in [0.2, 0.25) is 0 Å². The lowest BCUT2D eigenvalue weighted by molar-refractivity contribution is 0.0958. The van der Waals surface area contributed by atoms with E-state index in [4.69, 9.17) is 9.47 Å². The van der Waals surface area contributed by atoms with Crippen LogP contribution in [-0.4, -0.2) is 71.4 Å². The minimum atomic E-state index is -0.119. The molecule has 1 fully saturated rings. The summed E-state index contributed by atoms with van der Waals surface area (Å²) < 4.78 is 11.0. The molecule has 6 nitrogen and oxygen atoms in total. The molecule has 6 heteroatoms. The second-order valence-corrected chi connectivity index (χ2v) is 6.10. The molecule has 0 spiro atoms. The van der Waals surface area contributed by atoms with Crippen molar-refractivity contribution in [3.05, 3.63) is 23.8 Å². The van der Waals surface area contributed by atoms with Crippen molar-refractivity contribution in [1.82, 2.24) is 10.2 Å². The van der Waals surface area contributed by atoms with E-state index >= 15 is 0 Å². The number of amides is 1. The van der Waals surface area contributed by atoms with E-state index in [1.807, 2.05) is 18.2 Å². The third-order valence-corrected chi connectivity index (χ3v) is 4.31. The number of likely N-dealkylation sites (N-methyl/N-ethyl adjacent to an activating group) is 1. The first-order valence-electron chi connectivity index (χ1n) is 8.57. The molecule has 0 radical (unpaired) electrons. The number of carbonyl (C=O) groups is 1. The summed E-state index contributed by atoms with van der Waals surface area (Å²) >= 11 is 0. The predicted molar refractivity (Wildman–Crippen MR) is 96.1 cm³/mol. The molecule has 0 saturated carbocycles. The molecule has 1 N–H and O–H groups in total. The molecule has 0 atom stereocenters. The lowest BCUT2D eigenvalue weighted by Gasteiger charge is -2.34. The van der Waals surface area contributed by atoms with Gasteiger partial charge < -0.3 is 24.6 Å². The summed E-state index contributed by atoms with van der Waals surface area (Å²) in [5, 5.41) is 2.68. The number of methoxy groups -OCH3 is 1. The molecule has 1 heterocycles. The van der Waals surface area contributed by atoms with Crippen molar-refractivity contribution in [2.75, 3.05) is 65.5 Å². The molecule has 1 aliphatic rings. The molecule has 1 aromatic rings. The van der Waals surface area contributed by atoms with Crippen LogP contribution < -0.4 is 15.0 Å². The highest BCUT2D eigenvalue weighted by Crippen LogP contribution is 2.27. The first kappa shape index (κ1) is 18.5. The first-order chi connectivity index (χ1) is 11.7. The molecule has 1 aromatic carbocycles. The molecule has 0 unspecified atom stereocenters. The van der Waals surface area contributed by atoms with Crippen LogP contribution in [0.4, 0.5) is 5.69 Å². The minimum Gasteiger partial charge on any atom is -0.493 e. The molecule has 1 aliphatic heterocycles. The zero-order chi connectivity index (χ0) is 17.4. The molecule has 2 rings (SSSR count). The van der Waals surface area contributed by atoms with Crippen LogP contribution in [0.1, 0.15) is 23.2 Å². The van der Waals surface area contributed by atoms with E-state index in [-0.39, 0.29) is 5.91 Å². The van der Waals surface area contributed by atoms with Gasteiger partial charge in [0.1, 0.15) is 5.75 Å². The lowest BCUT2D eigenvalue weighted by atomic mass is 10.1. The fourth-order valence-electron chi connectivity index (χ4n) is 2.74. The molecular weight excluding hydrogens is 306 g/mol. The van der Waals surface area contributed by atoms with Crippen LogP contribution in [0.25, 0.3) is 0 Å². The maximum Gasteiger partial charge on any atom is 0.254 e. The summed E-state index contributed by atoms with van der Waals surface area (Å²) in [5.41, 5.74) is 1.70. The van der Waals surface area contributed by atoms with Crippen LogP contribution in [0.5, 0.6) is 5.75 Å². The van der Waals surface area contributed by atoms with Gasteiger partial charge in [-0.15, -0.1) is 0 Å². The van der Waals surface area contributed by atoms with Crippen LogP contribution in [0.2, 0.25) is 0 Å². The van der Waals surface area contributed by atoms with E-state index in [1.165, 1.54) is 0 Å². The van der Waals surface area contributed by atoms with Gasteiger partial charge in [0.15, 0.2) is 0 Å². The molecule has 1 amide bonds. The number of anilines is 1. The largest absolute Gasteiger partial charge is 0.493 e. The van der Waals surface area contributed by atoms with Gasteiger partial charge in [-0.2, -0.15) is 0 Å². The SMILES string of the molecule is CNC(=O)c1ccc(N2CCN(C)CC2)cc1OCCCCOC. The predicted octanol–water partition coefficient (Wildman–Crippen LogP) is 1.60. The number of nitrogens with zero attached hydrogens (tertiary/aromatic N) is 2. The van der Waals surface area contributed by atoms with Gasteiger partial charge in [0.05, 0.1) is 12.2 Å². The molecule has 134 valence electrons. The highest BCUT2D eigenvalue weighted by molar-refractivity contribution is 5.97. The molecular formula is C18H29N3O3. The monoisotopic (exact) mass is 335 g/mol. The Kier molecular flexibility index (Phi) is 7.34. The Bertz CT molecular complexity index is 528. The summed E-state index contributed by atoms with van der Waals surface area (Å²) in [5.74, 6) is 0.537. The number of nitrogens with one attached hydrogen (secondary N) is 1. The van der Waals surface area contributed by atoms with E-state index in [0.29, 0.717) is 17.9 Å². The molecule has 0 bridgehead atoms. The van der Waals surface area contributed by atoms with Gasteiger partial charge >= 0.3 is 0 Å². The Labute approximate surface area is 144 Å². The van der Waals surface area contributed by atoms with Crippen molar-refractivity contribution < 1.29 is 14.3 Å². The summed E-state index contributed by atoms with van der Waals surface area (Å²) in [4.78, 5) is 16.7. The summed E-state index contributed by atoms with van der Waals surface area (Å²) in [6, 6.07) is 5.86. The highest BCUT2D eigenvalue weighted by atomic mass is 16.5. The maximum atomic E-state index is 12.1. The topological polar surface area (TPSA) is 54.0 Å². The van der Waals surface area contributed by atoms with Crippen LogP contribution in [0.15, 0.2) is 18.2 Å². The highest BCUT2D eigenvalue weighted by Gasteiger charge is 2.18. The van der Waals surface area contributed by atoms with Gasteiger partial charge in [-0.05, 0) is 32.0 Å². The van der Waals surface area contributed by atoms with Crippen LogP contribution in [-0.2, 0) is 4.74 Å².